The Morgan fingerprint density at radius 2 is 1.97 bits per heavy atom. The van der Waals surface area contributed by atoms with Crippen LogP contribution >= 0.6 is 0 Å². The minimum atomic E-state index is -0.134. The Morgan fingerprint density at radius 3 is 2.77 bits per heavy atom. The first-order valence-corrected chi connectivity index (χ1v) is 11.3. The smallest absolute Gasteiger partial charge is 0.273 e. The molecule has 0 radical (unpaired) electrons. The van der Waals surface area contributed by atoms with Crippen molar-refractivity contribution in [2.75, 3.05) is 19.6 Å². The molecule has 0 atom stereocenters. The molecule has 1 aromatic heterocycles. The van der Waals surface area contributed by atoms with E-state index in [9.17, 15) is 4.79 Å². The van der Waals surface area contributed by atoms with E-state index in [4.69, 9.17) is 4.52 Å². The molecule has 1 saturated heterocycles. The lowest BCUT2D eigenvalue weighted by Gasteiger charge is -2.37. The summed E-state index contributed by atoms with van der Waals surface area (Å²) < 4.78 is 5.66. The van der Waals surface area contributed by atoms with Crippen LogP contribution in [-0.4, -0.2) is 35.6 Å². The molecule has 1 aliphatic carbocycles. The summed E-state index contributed by atoms with van der Waals surface area (Å²) in [5.74, 6) is 1.45. The van der Waals surface area contributed by atoms with Gasteiger partial charge in [0.2, 0.25) is 0 Å². The van der Waals surface area contributed by atoms with E-state index in [1.54, 1.807) is 0 Å². The van der Waals surface area contributed by atoms with Crippen LogP contribution in [-0.2, 0) is 25.8 Å². The zero-order valence-electron chi connectivity index (χ0n) is 18.1. The molecule has 1 amide bonds. The first-order valence-electron chi connectivity index (χ1n) is 11.3. The van der Waals surface area contributed by atoms with Crippen LogP contribution < -0.4 is 5.32 Å². The van der Waals surface area contributed by atoms with Crippen molar-refractivity contribution in [1.82, 2.24) is 15.4 Å². The third-order valence-corrected chi connectivity index (χ3v) is 6.38. The van der Waals surface area contributed by atoms with Gasteiger partial charge in [-0.15, -0.1) is 0 Å². The maximum Gasteiger partial charge on any atom is 0.273 e. The van der Waals surface area contributed by atoms with Crippen LogP contribution in [0, 0.1) is 5.92 Å². The summed E-state index contributed by atoms with van der Waals surface area (Å²) in [5.41, 5.74) is 6.40. The van der Waals surface area contributed by atoms with Gasteiger partial charge in [-0.2, -0.15) is 0 Å². The lowest BCUT2D eigenvalue weighted by Crippen LogP contribution is -2.44. The van der Waals surface area contributed by atoms with Gasteiger partial charge in [0.1, 0.15) is 0 Å². The number of fused-ring (bicyclic) bond motifs is 3. The molecule has 31 heavy (non-hydrogen) atoms. The molecule has 5 nitrogen and oxygen atoms in total. The van der Waals surface area contributed by atoms with Crippen LogP contribution in [0.5, 0.6) is 0 Å². The summed E-state index contributed by atoms with van der Waals surface area (Å²) in [6, 6.07) is 17.0. The van der Waals surface area contributed by atoms with E-state index < -0.39 is 0 Å². The van der Waals surface area contributed by atoms with Gasteiger partial charge < -0.3 is 9.84 Å². The van der Waals surface area contributed by atoms with E-state index in [-0.39, 0.29) is 5.91 Å². The maximum atomic E-state index is 12.7. The third kappa shape index (κ3) is 4.28. The number of nitrogens with zero attached hydrogens (tertiary/aromatic N) is 2. The van der Waals surface area contributed by atoms with E-state index >= 15 is 0 Å². The highest BCUT2D eigenvalue weighted by Crippen LogP contribution is 2.36. The van der Waals surface area contributed by atoms with Crippen molar-refractivity contribution in [2.24, 2.45) is 5.92 Å². The van der Waals surface area contributed by atoms with Gasteiger partial charge in [-0.05, 0) is 48.3 Å². The zero-order chi connectivity index (χ0) is 21.2. The van der Waals surface area contributed by atoms with Crippen LogP contribution in [0.1, 0.15) is 46.1 Å². The summed E-state index contributed by atoms with van der Waals surface area (Å²) in [6.45, 7) is 6.31. The Labute approximate surface area is 183 Å². The number of carbonyl (C=O) groups excluding carboxylic acids is 1. The lowest BCUT2D eigenvalue weighted by atomic mass is 9.88. The van der Waals surface area contributed by atoms with Crippen LogP contribution in [0.4, 0.5) is 0 Å². The van der Waals surface area contributed by atoms with Crippen LogP contribution in [0.2, 0.25) is 0 Å². The van der Waals surface area contributed by atoms with Crippen LogP contribution in [0.15, 0.2) is 53.1 Å². The quantitative estimate of drug-likeness (QED) is 0.586. The Bertz CT molecular complexity index is 1070. The van der Waals surface area contributed by atoms with E-state index in [1.807, 2.05) is 18.2 Å². The molecule has 0 bridgehead atoms. The molecule has 160 valence electrons. The topological polar surface area (TPSA) is 58.4 Å². The Hall–Kier alpha value is -2.92. The number of hydrogen-bond acceptors (Lipinski definition) is 4. The number of carbonyl (C=O) groups is 1. The highest BCUT2D eigenvalue weighted by Gasteiger charge is 2.28. The van der Waals surface area contributed by atoms with Crippen molar-refractivity contribution in [2.45, 2.75) is 39.2 Å². The van der Waals surface area contributed by atoms with Gasteiger partial charge in [0, 0.05) is 37.3 Å². The SMILES string of the molecule is CC1CN(Cc2ccc3c(c2)CCc2c(C(=O)NCCCc4ccccc4)noc2-3)C1. The second-order valence-corrected chi connectivity index (χ2v) is 8.97. The summed E-state index contributed by atoms with van der Waals surface area (Å²) >= 11 is 0. The van der Waals surface area contributed by atoms with Gasteiger partial charge in [0.25, 0.3) is 5.91 Å². The predicted octanol–water partition coefficient (Wildman–Crippen LogP) is 4.25. The highest BCUT2D eigenvalue weighted by molar-refractivity contribution is 5.95. The second kappa shape index (κ2) is 8.67. The van der Waals surface area contributed by atoms with Gasteiger partial charge in [0.05, 0.1) is 0 Å². The monoisotopic (exact) mass is 415 g/mol. The fourth-order valence-corrected chi connectivity index (χ4v) is 4.80. The normalized spacial score (nSPS) is 15.8. The van der Waals surface area contributed by atoms with Crippen molar-refractivity contribution >= 4 is 5.91 Å². The fraction of sp³-hybridized carbons (Fsp3) is 0.385. The van der Waals surface area contributed by atoms with Gasteiger partial charge in [-0.3, -0.25) is 9.69 Å². The molecule has 1 fully saturated rings. The molecule has 3 aromatic rings. The van der Waals surface area contributed by atoms with Gasteiger partial charge in [0.15, 0.2) is 11.5 Å². The van der Waals surface area contributed by atoms with Gasteiger partial charge in [-0.1, -0.05) is 60.6 Å². The van der Waals surface area contributed by atoms with Crippen LogP contribution in [0.25, 0.3) is 11.3 Å². The first kappa shape index (κ1) is 20.0. The minimum Gasteiger partial charge on any atom is -0.355 e. The molecule has 0 saturated carbocycles. The molecule has 2 heterocycles. The van der Waals surface area contributed by atoms with Crippen LogP contribution in [0.3, 0.4) is 0 Å². The van der Waals surface area contributed by atoms with Gasteiger partial charge in [-0.25, -0.2) is 0 Å². The largest absolute Gasteiger partial charge is 0.355 e. The summed E-state index contributed by atoms with van der Waals surface area (Å²) in [7, 11) is 0. The van der Waals surface area contributed by atoms with Gasteiger partial charge >= 0.3 is 0 Å². The van der Waals surface area contributed by atoms with E-state index in [0.29, 0.717) is 12.2 Å². The number of likely N-dealkylation sites (tertiary alicyclic amines) is 1. The van der Waals surface area contributed by atoms with E-state index in [1.165, 1.54) is 29.8 Å². The molecule has 0 spiro atoms. The number of aryl methyl sites for hydroxylation is 2. The molecular formula is C26H29N3O2. The molecule has 2 aliphatic rings. The average molecular weight is 416 g/mol. The summed E-state index contributed by atoms with van der Waals surface area (Å²) in [5, 5.41) is 7.15. The molecular weight excluding hydrogens is 386 g/mol. The average Bonchev–Trinajstić information content (AvgIpc) is 3.21. The van der Waals surface area contributed by atoms with Crippen molar-refractivity contribution in [3.05, 3.63) is 76.5 Å². The lowest BCUT2D eigenvalue weighted by molar-refractivity contribution is 0.0943. The molecule has 1 N–H and O–H groups in total. The summed E-state index contributed by atoms with van der Waals surface area (Å²) in [4.78, 5) is 15.2. The Kier molecular flexibility index (Phi) is 5.60. The van der Waals surface area contributed by atoms with E-state index in [0.717, 1.165) is 55.0 Å². The molecule has 5 rings (SSSR count). The number of nitrogens with one attached hydrogen (secondary N) is 1. The molecule has 1 aliphatic heterocycles. The maximum absolute atomic E-state index is 12.7. The Balaban J connectivity index is 1.22. The van der Waals surface area contributed by atoms with Crippen molar-refractivity contribution < 1.29 is 9.32 Å². The molecule has 2 aromatic carbocycles. The number of amides is 1. The van der Waals surface area contributed by atoms with Crippen molar-refractivity contribution in [1.29, 1.82) is 0 Å². The van der Waals surface area contributed by atoms with Crippen molar-refractivity contribution in [3.63, 3.8) is 0 Å². The fourth-order valence-electron chi connectivity index (χ4n) is 4.80. The molecule has 5 heteroatoms. The third-order valence-electron chi connectivity index (χ3n) is 6.38. The zero-order valence-corrected chi connectivity index (χ0v) is 18.1. The number of aromatic nitrogens is 1. The second-order valence-electron chi connectivity index (χ2n) is 8.97. The van der Waals surface area contributed by atoms with Crippen molar-refractivity contribution in [3.8, 4) is 11.3 Å². The summed E-state index contributed by atoms with van der Waals surface area (Å²) in [6.07, 6.45) is 3.56. The highest BCUT2D eigenvalue weighted by atomic mass is 16.5. The number of rotatable bonds is 7. The molecule has 0 unspecified atom stereocenters. The minimum absolute atomic E-state index is 0.134. The number of hydrogen-bond donors (Lipinski definition) is 1. The number of benzene rings is 2. The standard InChI is InChI=1S/C26H29N3O2/c1-18-15-29(16-18)17-20-9-11-22-21(14-20)10-12-23-24(28-31-25(22)23)26(30)27-13-5-8-19-6-3-2-4-7-19/h2-4,6-7,9,11,14,18H,5,8,10,12-13,15-17H2,1H3,(H,27,30). The first-order chi connectivity index (χ1) is 15.2. The Morgan fingerprint density at radius 1 is 1.13 bits per heavy atom. The van der Waals surface area contributed by atoms with E-state index in [2.05, 4.69) is 52.6 Å². The predicted molar refractivity (Wildman–Crippen MR) is 121 cm³/mol.